The zero-order valence-corrected chi connectivity index (χ0v) is 35.9. The van der Waals surface area contributed by atoms with E-state index in [0.717, 1.165) is 66.8 Å². The summed E-state index contributed by atoms with van der Waals surface area (Å²) in [6.45, 7) is 0. The Morgan fingerprint density at radius 2 is 0.848 bits per heavy atom. The summed E-state index contributed by atoms with van der Waals surface area (Å²) >= 11 is 0. The zero-order chi connectivity index (χ0) is 43.3. The first-order valence-corrected chi connectivity index (χ1v) is 22.8. The Labute approximate surface area is 382 Å². The van der Waals surface area contributed by atoms with Crippen LogP contribution in [0.1, 0.15) is 22.3 Å². The Balaban J connectivity index is 1.15. The number of hydrogen-bond acceptors (Lipinski definition) is 3. The molecule has 1 heterocycles. The van der Waals surface area contributed by atoms with Gasteiger partial charge in [0.1, 0.15) is 11.2 Å². The maximum atomic E-state index is 7.13. The first-order chi connectivity index (χ1) is 32.8. The van der Waals surface area contributed by atoms with Crippen molar-refractivity contribution < 1.29 is 4.42 Å². The molecule has 0 saturated heterocycles. The second-order valence-electron chi connectivity index (χ2n) is 17.5. The summed E-state index contributed by atoms with van der Waals surface area (Å²) in [5.74, 6) is 0. The fraction of sp³-hybridized carbons (Fsp3) is 0.0159. The lowest BCUT2D eigenvalue weighted by molar-refractivity contribution is 0.672. The molecule has 0 saturated carbocycles. The summed E-state index contributed by atoms with van der Waals surface area (Å²) in [6, 6.07) is 88.7. The molecule has 0 atom stereocenters. The molecule has 14 rings (SSSR count). The highest BCUT2D eigenvalue weighted by atomic mass is 16.3. The minimum atomic E-state index is -0.659. The predicted octanol–water partition coefficient (Wildman–Crippen LogP) is 17.2. The molecule has 0 radical (unpaired) electrons. The monoisotopic (exact) mass is 840 g/mol. The van der Waals surface area contributed by atoms with Crippen LogP contribution in [-0.2, 0) is 5.41 Å². The number of hydrogen-bond donors (Lipinski definition) is 0. The molecular formula is C63H40N2O. The molecule has 1 aromatic heterocycles. The predicted molar refractivity (Wildman–Crippen MR) is 274 cm³/mol. The van der Waals surface area contributed by atoms with Crippen molar-refractivity contribution in [3.63, 3.8) is 0 Å². The minimum absolute atomic E-state index is 0.659. The van der Waals surface area contributed by atoms with Crippen LogP contribution in [-0.4, -0.2) is 0 Å². The second-order valence-corrected chi connectivity index (χ2v) is 17.5. The minimum Gasteiger partial charge on any atom is -0.455 e. The third-order valence-electron chi connectivity index (χ3n) is 14.2. The standard InChI is InChI=1S/C63H40N2O/c1-5-19-42(20-6-1)64(43-21-7-2-8-22-43)46-34-36-47-41(39-46)33-35-53-59-56(63(61(47)53)54-30-16-13-27-48(54)49-28-14-17-31-55(49)63)40-57(65(44-23-9-3-10-24-44)45-25-11-4-12-26-45)52-38-37-51-50-29-15-18-32-58(50)66-62(51)60(52)59/h1-40H. The number of rotatable bonds is 6. The molecule has 0 amide bonds. The molecule has 0 fully saturated rings. The van der Waals surface area contributed by atoms with E-state index in [-0.39, 0.29) is 0 Å². The fourth-order valence-corrected chi connectivity index (χ4v) is 11.6. The number of fused-ring (bicyclic) bond motifs is 18. The van der Waals surface area contributed by atoms with E-state index in [2.05, 4.69) is 252 Å². The van der Waals surface area contributed by atoms with Gasteiger partial charge in [-0.05, 0) is 134 Å². The highest BCUT2D eigenvalue weighted by Gasteiger charge is 2.53. The third-order valence-corrected chi connectivity index (χ3v) is 14.2. The summed E-state index contributed by atoms with van der Waals surface area (Å²) in [4.78, 5) is 4.80. The fourth-order valence-electron chi connectivity index (χ4n) is 11.6. The SMILES string of the molecule is c1ccc(N(c2ccccc2)c2ccc3c4c(ccc3c2)-c2c(cc(N(c3ccccc3)c3ccccc3)c3ccc5c6ccccc6oc5c23)C42c3ccccc3-c3ccccc32)cc1. The van der Waals surface area contributed by atoms with Crippen LogP contribution in [0.3, 0.4) is 0 Å². The highest BCUT2D eigenvalue weighted by molar-refractivity contribution is 6.25. The van der Waals surface area contributed by atoms with Gasteiger partial charge in [-0.1, -0.05) is 164 Å². The van der Waals surface area contributed by atoms with E-state index in [1.807, 2.05) is 0 Å². The molecule has 0 aliphatic heterocycles. The molecule has 12 aromatic rings. The summed E-state index contributed by atoms with van der Waals surface area (Å²) < 4.78 is 7.13. The van der Waals surface area contributed by atoms with E-state index in [9.17, 15) is 0 Å². The highest BCUT2D eigenvalue weighted by Crippen LogP contribution is 2.66. The molecule has 2 aliphatic carbocycles. The number of nitrogens with zero attached hydrogens (tertiary/aromatic N) is 2. The van der Waals surface area contributed by atoms with Gasteiger partial charge in [0, 0.05) is 50.0 Å². The lowest BCUT2D eigenvalue weighted by atomic mass is 9.69. The molecule has 308 valence electrons. The number of anilines is 6. The molecular weight excluding hydrogens is 801 g/mol. The van der Waals surface area contributed by atoms with E-state index in [1.54, 1.807) is 0 Å². The van der Waals surface area contributed by atoms with Crippen molar-refractivity contribution >= 4 is 77.6 Å². The molecule has 2 aliphatic rings. The lowest BCUT2D eigenvalue weighted by Gasteiger charge is -2.33. The Morgan fingerprint density at radius 3 is 1.47 bits per heavy atom. The van der Waals surface area contributed by atoms with Crippen LogP contribution >= 0.6 is 0 Å². The van der Waals surface area contributed by atoms with Crippen molar-refractivity contribution in [2.45, 2.75) is 5.41 Å². The van der Waals surface area contributed by atoms with Crippen molar-refractivity contribution in [2.75, 3.05) is 9.80 Å². The largest absolute Gasteiger partial charge is 0.455 e. The number of furan rings is 1. The average molecular weight is 841 g/mol. The average Bonchev–Trinajstić information content (AvgIpc) is 4.02. The first-order valence-electron chi connectivity index (χ1n) is 22.8. The lowest BCUT2D eigenvalue weighted by Crippen LogP contribution is -2.26. The molecule has 1 spiro atoms. The van der Waals surface area contributed by atoms with Gasteiger partial charge < -0.3 is 14.2 Å². The normalized spacial score (nSPS) is 13.0. The molecule has 0 unspecified atom stereocenters. The molecule has 66 heavy (non-hydrogen) atoms. The van der Waals surface area contributed by atoms with Crippen LogP contribution in [0.5, 0.6) is 0 Å². The molecule has 3 heteroatoms. The van der Waals surface area contributed by atoms with E-state index in [0.29, 0.717) is 0 Å². The van der Waals surface area contributed by atoms with Crippen LogP contribution in [0.2, 0.25) is 0 Å². The van der Waals surface area contributed by atoms with Gasteiger partial charge in [0.15, 0.2) is 0 Å². The van der Waals surface area contributed by atoms with Crippen molar-refractivity contribution in [3.8, 4) is 22.3 Å². The van der Waals surface area contributed by atoms with Gasteiger partial charge >= 0.3 is 0 Å². The summed E-state index contributed by atoms with van der Waals surface area (Å²) in [5.41, 5.74) is 17.9. The van der Waals surface area contributed by atoms with Gasteiger partial charge in [0.05, 0.1) is 11.1 Å². The van der Waals surface area contributed by atoms with Gasteiger partial charge in [0.25, 0.3) is 0 Å². The van der Waals surface area contributed by atoms with Gasteiger partial charge in [0.2, 0.25) is 0 Å². The topological polar surface area (TPSA) is 19.6 Å². The quantitative estimate of drug-likeness (QED) is 0.166. The first kappa shape index (κ1) is 36.8. The van der Waals surface area contributed by atoms with Crippen molar-refractivity contribution in [2.24, 2.45) is 0 Å². The molecule has 11 aromatic carbocycles. The van der Waals surface area contributed by atoms with Crippen LogP contribution < -0.4 is 9.80 Å². The maximum Gasteiger partial charge on any atom is 0.143 e. The zero-order valence-electron chi connectivity index (χ0n) is 35.9. The second kappa shape index (κ2) is 14.2. The summed E-state index contributed by atoms with van der Waals surface area (Å²) in [5, 5.41) is 6.91. The summed E-state index contributed by atoms with van der Waals surface area (Å²) in [7, 11) is 0. The molecule has 0 bridgehead atoms. The van der Waals surface area contributed by atoms with Crippen LogP contribution in [0.15, 0.2) is 247 Å². The van der Waals surface area contributed by atoms with E-state index in [1.165, 1.54) is 55.3 Å². The Morgan fingerprint density at radius 1 is 0.333 bits per heavy atom. The van der Waals surface area contributed by atoms with Crippen LogP contribution in [0.4, 0.5) is 34.1 Å². The van der Waals surface area contributed by atoms with Gasteiger partial charge in [-0.2, -0.15) is 0 Å². The number of benzene rings is 11. The third kappa shape index (κ3) is 5.08. The van der Waals surface area contributed by atoms with Crippen molar-refractivity contribution in [1.29, 1.82) is 0 Å². The van der Waals surface area contributed by atoms with Gasteiger partial charge in [-0.3, -0.25) is 0 Å². The smallest absolute Gasteiger partial charge is 0.143 e. The van der Waals surface area contributed by atoms with Gasteiger partial charge in [-0.25, -0.2) is 0 Å². The van der Waals surface area contributed by atoms with Crippen LogP contribution in [0, 0.1) is 0 Å². The van der Waals surface area contributed by atoms with E-state index >= 15 is 0 Å². The Kier molecular flexibility index (Phi) is 7.90. The van der Waals surface area contributed by atoms with Crippen molar-refractivity contribution in [3.05, 3.63) is 265 Å². The molecule has 0 N–H and O–H groups in total. The number of para-hydroxylation sites is 5. The Hall–Kier alpha value is -8.66. The Bertz CT molecular complexity index is 3750. The molecule has 3 nitrogen and oxygen atoms in total. The maximum absolute atomic E-state index is 7.13. The van der Waals surface area contributed by atoms with E-state index < -0.39 is 5.41 Å². The van der Waals surface area contributed by atoms with Gasteiger partial charge in [-0.15, -0.1) is 0 Å². The van der Waals surface area contributed by atoms with E-state index in [4.69, 9.17) is 4.42 Å². The summed E-state index contributed by atoms with van der Waals surface area (Å²) in [6.07, 6.45) is 0. The van der Waals surface area contributed by atoms with Crippen molar-refractivity contribution in [1.82, 2.24) is 0 Å². The van der Waals surface area contributed by atoms with Crippen LogP contribution in [0.25, 0.3) is 65.7 Å².